The summed E-state index contributed by atoms with van der Waals surface area (Å²) < 4.78 is 25.1. The highest BCUT2D eigenvalue weighted by atomic mass is 19.1. The summed E-state index contributed by atoms with van der Waals surface area (Å²) in [5, 5.41) is 3.47. The summed E-state index contributed by atoms with van der Waals surface area (Å²) in [4.78, 5) is 0. The van der Waals surface area contributed by atoms with E-state index in [0.29, 0.717) is 17.1 Å². The Labute approximate surface area is 126 Å². The molecule has 0 aliphatic heterocycles. The third-order valence-corrected chi connectivity index (χ3v) is 4.66. The molecule has 0 heterocycles. The Morgan fingerprint density at radius 3 is 2.29 bits per heavy atom. The Hall–Kier alpha value is -1.29. The van der Waals surface area contributed by atoms with Gasteiger partial charge in [0.05, 0.1) is 14.2 Å². The van der Waals surface area contributed by atoms with Gasteiger partial charge in [-0.25, -0.2) is 4.39 Å². The van der Waals surface area contributed by atoms with Crippen molar-refractivity contribution in [3.05, 3.63) is 23.5 Å². The quantitative estimate of drug-likeness (QED) is 0.858. The van der Waals surface area contributed by atoms with Gasteiger partial charge in [-0.3, -0.25) is 0 Å². The standard InChI is InChI=1S/C17H26FNO2/c1-5-19-16(17(2)8-6-7-9-17)12-10-14(20-3)15(21-4)11-13(12)18/h10-11,16,19H,5-9H2,1-4H3. The molecule has 1 aromatic carbocycles. The Morgan fingerprint density at radius 2 is 1.76 bits per heavy atom. The highest BCUT2D eigenvalue weighted by Crippen LogP contribution is 2.48. The lowest BCUT2D eigenvalue weighted by Gasteiger charge is -2.35. The molecule has 1 aliphatic carbocycles. The maximum absolute atomic E-state index is 14.6. The molecule has 0 aromatic heterocycles. The van der Waals surface area contributed by atoms with Crippen molar-refractivity contribution in [2.45, 2.75) is 45.6 Å². The van der Waals surface area contributed by atoms with E-state index in [4.69, 9.17) is 9.47 Å². The molecule has 0 radical (unpaired) electrons. The monoisotopic (exact) mass is 295 g/mol. The van der Waals surface area contributed by atoms with Gasteiger partial charge in [0.25, 0.3) is 0 Å². The first-order valence-corrected chi connectivity index (χ1v) is 7.70. The fourth-order valence-corrected chi connectivity index (χ4v) is 3.50. The molecule has 1 fully saturated rings. The molecule has 0 spiro atoms. The Balaban J connectivity index is 2.44. The summed E-state index contributed by atoms with van der Waals surface area (Å²) in [6.07, 6.45) is 4.68. The molecule has 118 valence electrons. The van der Waals surface area contributed by atoms with Crippen molar-refractivity contribution in [3.8, 4) is 11.5 Å². The molecule has 1 N–H and O–H groups in total. The molecule has 0 saturated heterocycles. The van der Waals surface area contributed by atoms with Gasteiger partial charge in [-0.1, -0.05) is 26.7 Å². The van der Waals surface area contributed by atoms with Crippen molar-refractivity contribution < 1.29 is 13.9 Å². The van der Waals surface area contributed by atoms with Crippen LogP contribution in [0.5, 0.6) is 11.5 Å². The van der Waals surface area contributed by atoms with E-state index in [1.54, 1.807) is 13.2 Å². The number of benzene rings is 1. The lowest BCUT2D eigenvalue weighted by atomic mass is 9.77. The smallest absolute Gasteiger partial charge is 0.163 e. The third-order valence-electron chi connectivity index (χ3n) is 4.66. The number of ether oxygens (including phenoxy) is 2. The van der Waals surface area contributed by atoms with Crippen LogP contribution in [-0.4, -0.2) is 20.8 Å². The Kier molecular flexibility index (Phi) is 5.09. The maximum Gasteiger partial charge on any atom is 0.163 e. The predicted octanol–water partition coefficient (Wildman–Crippen LogP) is 4.07. The number of halogens is 1. The normalized spacial score (nSPS) is 18.5. The average Bonchev–Trinajstić information content (AvgIpc) is 2.92. The first kappa shape index (κ1) is 16.1. The third kappa shape index (κ3) is 3.15. The number of rotatable bonds is 6. The minimum atomic E-state index is -0.230. The Morgan fingerprint density at radius 1 is 1.19 bits per heavy atom. The molecule has 3 nitrogen and oxygen atoms in total. The van der Waals surface area contributed by atoms with Crippen molar-refractivity contribution in [2.24, 2.45) is 5.41 Å². The molecular formula is C17H26FNO2. The van der Waals surface area contributed by atoms with Crippen molar-refractivity contribution >= 4 is 0 Å². The van der Waals surface area contributed by atoms with E-state index in [-0.39, 0.29) is 17.3 Å². The van der Waals surface area contributed by atoms with Crippen LogP contribution in [0.1, 0.15) is 51.1 Å². The highest BCUT2D eigenvalue weighted by molar-refractivity contribution is 5.45. The zero-order valence-electron chi connectivity index (χ0n) is 13.5. The van der Waals surface area contributed by atoms with Gasteiger partial charge in [0.1, 0.15) is 5.82 Å². The largest absolute Gasteiger partial charge is 0.493 e. The van der Waals surface area contributed by atoms with Crippen molar-refractivity contribution in [1.29, 1.82) is 0 Å². The van der Waals surface area contributed by atoms with Crippen LogP contribution in [0.25, 0.3) is 0 Å². The number of hydrogen-bond acceptors (Lipinski definition) is 3. The lowest BCUT2D eigenvalue weighted by molar-refractivity contribution is 0.220. The summed E-state index contributed by atoms with van der Waals surface area (Å²) in [7, 11) is 3.11. The van der Waals surface area contributed by atoms with Gasteiger partial charge >= 0.3 is 0 Å². The van der Waals surface area contributed by atoms with Crippen molar-refractivity contribution in [2.75, 3.05) is 20.8 Å². The summed E-state index contributed by atoms with van der Waals surface area (Å²) in [6, 6.07) is 3.21. The predicted molar refractivity (Wildman–Crippen MR) is 82.5 cm³/mol. The second kappa shape index (κ2) is 6.65. The molecule has 21 heavy (non-hydrogen) atoms. The molecule has 1 aliphatic rings. The SMILES string of the molecule is CCNC(c1cc(OC)c(OC)cc1F)C1(C)CCCC1. The minimum Gasteiger partial charge on any atom is -0.493 e. The topological polar surface area (TPSA) is 30.5 Å². The first-order valence-electron chi connectivity index (χ1n) is 7.70. The van der Waals surface area contributed by atoms with Crippen LogP contribution >= 0.6 is 0 Å². The van der Waals surface area contributed by atoms with E-state index < -0.39 is 0 Å². The van der Waals surface area contributed by atoms with Crippen LogP contribution in [0, 0.1) is 11.2 Å². The van der Waals surface area contributed by atoms with Crippen LogP contribution in [0.3, 0.4) is 0 Å². The van der Waals surface area contributed by atoms with Crippen LogP contribution in [0.4, 0.5) is 4.39 Å². The second-order valence-corrected chi connectivity index (χ2v) is 6.08. The fourth-order valence-electron chi connectivity index (χ4n) is 3.50. The summed E-state index contributed by atoms with van der Waals surface area (Å²) in [5.41, 5.74) is 0.773. The van der Waals surface area contributed by atoms with Gasteiger partial charge in [-0.05, 0) is 30.9 Å². The van der Waals surface area contributed by atoms with E-state index in [1.165, 1.54) is 26.0 Å². The number of hydrogen-bond donors (Lipinski definition) is 1. The zero-order valence-corrected chi connectivity index (χ0v) is 13.5. The molecule has 4 heteroatoms. The number of nitrogens with one attached hydrogen (secondary N) is 1. The highest BCUT2D eigenvalue weighted by Gasteiger charge is 2.39. The van der Waals surface area contributed by atoms with Gasteiger partial charge in [0.2, 0.25) is 0 Å². The van der Waals surface area contributed by atoms with Crippen LogP contribution < -0.4 is 14.8 Å². The van der Waals surface area contributed by atoms with Gasteiger partial charge in [0, 0.05) is 17.7 Å². The van der Waals surface area contributed by atoms with E-state index in [2.05, 4.69) is 19.2 Å². The van der Waals surface area contributed by atoms with Crippen molar-refractivity contribution in [3.63, 3.8) is 0 Å². The molecule has 0 bridgehead atoms. The van der Waals surface area contributed by atoms with Gasteiger partial charge < -0.3 is 14.8 Å². The average molecular weight is 295 g/mol. The molecule has 1 unspecified atom stereocenters. The van der Waals surface area contributed by atoms with Gasteiger partial charge in [-0.15, -0.1) is 0 Å². The van der Waals surface area contributed by atoms with Crippen LogP contribution in [0.15, 0.2) is 12.1 Å². The van der Waals surface area contributed by atoms with Crippen molar-refractivity contribution in [1.82, 2.24) is 5.32 Å². The number of methoxy groups -OCH3 is 2. The van der Waals surface area contributed by atoms with Gasteiger partial charge in [-0.2, -0.15) is 0 Å². The maximum atomic E-state index is 14.6. The molecular weight excluding hydrogens is 269 g/mol. The summed E-state index contributed by atoms with van der Waals surface area (Å²) in [5.74, 6) is 0.788. The van der Waals surface area contributed by atoms with E-state index in [9.17, 15) is 4.39 Å². The molecule has 0 amide bonds. The molecule has 1 saturated carbocycles. The Bertz CT molecular complexity index is 484. The first-order chi connectivity index (χ1) is 10.1. The zero-order chi connectivity index (χ0) is 15.5. The molecule has 1 atom stereocenters. The van der Waals surface area contributed by atoms with Crippen LogP contribution in [0.2, 0.25) is 0 Å². The fraction of sp³-hybridized carbons (Fsp3) is 0.647. The minimum absolute atomic E-state index is 0.00445. The van der Waals surface area contributed by atoms with E-state index >= 15 is 0 Å². The van der Waals surface area contributed by atoms with E-state index in [1.807, 2.05) is 0 Å². The molecule has 2 rings (SSSR count). The second-order valence-electron chi connectivity index (χ2n) is 6.08. The summed E-state index contributed by atoms with van der Waals surface area (Å²) >= 11 is 0. The van der Waals surface area contributed by atoms with Gasteiger partial charge in [0.15, 0.2) is 11.5 Å². The van der Waals surface area contributed by atoms with E-state index in [0.717, 1.165) is 19.4 Å². The lowest BCUT2D eigenvalue weighted by Crippen LogP contribution is -2.35. The van der Waals surface area contributed by atoms with Crippen LogP contribution in [-0.2, 0) is 0 Å². The molecule has 1 aromatic rings. The summed E-state index contributed by atoms with van der Waals surface area (Å²) in [6.45, 7) is 5.13.